The van der Waals surface area contributed by atoms with Gasteiger partial charge in [-0.15, -0.1) is 0 Å². The topological polar surface area (TPSA) is 20.2 Å². The van der Waals surface area contributed by atoms with Crippen LogP contribution in [0.3, 0.4) is 0 Å². The average Bonchev–Trinajstić information content (AvgIpc) is 2.19. The van der Waals surface area contributed by atoms with E-state index < -0.39 is 0 Å². The smallest absolute Gasteiger partial charge is 0.123 e. The minimum Gasteiger partial charge on any atom is -0.392 e. The molecule has 0 aliphatic heterocycles. The molecule has 1 aromatic rings. The Kier molecular flexibility index (Phi) is 3.84. The lowest BCUT2D eigenvalue weighted by Gasteiger charge is -2.03. The maximum atomic E-state index is 12.9. The van der Waals surface area contributed by atoms with Crippen molar-refractivity contribution in [1.29, 1.82) is 0 Å². The molecule has 0 spiro atoms. The van der Waals surface area contributed by atoms with Crippen molar-refractivity contribution in [3.8, 4) is 0 Å². The Morgan fingerprint density at radius 2 is 2.21 bits per heavy atom. The zero-order valence-electron chi connectivity index (χ0n) is 8.55. The van der Waals surface area contributed by atoms with E-state index in [1.54, 1.807) is 6.07 Å². The van der Waals surface area contributed by atoms with Gasteiger partial charge in [0.25, 0.3) is 0 Å². The Morgan fingerprint density at radius 3 is 2.79 bits per heavy atom. The molecule has 76 valence electrons. The van der Waals surface area contributed by atoms with Crippen molar-refractivity contribution in [3.63, 3.8) is 0 Å². The summed E-state index contributed by atoms with van der Waals surface area (Å²) in [6.45, 7) is 3.93. The molecule has 0 saturated carbocycles. The van der Waals surface area contributed by atoms with E-state index in [4.69, 9.17) is 5.11 Å². The van der Waals surface area contributed by atoms with Gasteiger partial charge in [0, 0.05) is 0 Å². The zero-order chi connectivity index (χ0) is 10.6. The van der Waals surface area contributed by atoms with Crippen LogP contribution in [0.2, 0.25) is 0 Å². The first-order valence-electron chi connectivity index (χ1n) is 4.73. The van der Waals surface area contributed by atoms with Crippen molar-refractivity contribution >= 4 is 6.08 Å². The van der Waals surface area contributed by atoms with Crippen LogP contribution in [0.15, 0.2) is 23.8 Å². The van der Waals surface area contributed by atoms with Crippen molar-refractivity contribution < 1.29 is 9.50 Å². The van der Waals surface area contributed by atoms with E-state index in [1.807, 2.05) is 19.9 Å². The molecule has 0 amide bonds. The number of aliphatic hydroxyl groups is 1. The van der Waals surface area contributed by atoms with E-state index >= 15 is 0 Å². The van der Waals surface area contributed by atoms with Crippen LogP contribution in [0.4, 0.5) is 4.39 Å². The highest BCUT2D eigenvalue weighted by atomic mass is 19.1. The van der Waals surface area contributed by atoms with E-state index in [0.29, 0.717) is 0 Å². The van der Waals surface area contributed by atoms with Gasteiger partial charge in [-0.1, -0.05) is 19.1 Å². The number of aryl methyl sites for hydroxylation is 1. The zero-order valence-corrected chi connectivity index (χ0v) is 8.55. The Balaban J connectivity index is 3.06. The first-order chi connectivity index (χ1) is 6.67. The molecule has 1 aromatic carbocycles. The molecule has 0 aromatic heterocycles. The van der Waals surface area contributed by atoms with Gasteiger partial charge in [0.1, 0.15) is 5.82 Å². The minimum atomic E-state index is -0.241. The molecule has 0 fully saturated rings. The summed E-state index contributed by atoms with van der Waals surface area (Å²) in [5, 5.41) is 8.99. The van der Waals surface area contributed by atoms with Crippen LogP contribution in [0.25, 0.3) is 6.08 Å². The summed E-state index contributed by atoms with van der Waals surface area (Å²) >= 11 is 0. The van der Waals surface area contributed by atoms with Gasteiger partial charge in [0.2, 0.25) is 0 Å². The summed E-state index contributed by atoms with van der Waals surface area (Å²) < 4.78 is 12.9. The van der Waals surface area contributed by atoms with Gasteiger partial charge in [0.05, 0.1) is 6.61 Å². The molecular weight excluding hydrogens is 179 g/mol. The van der Waals surface area contributed by atoms with Crippen molar-refractivity contribution in [1.82, 2.24) is 0 Å². The monoisotopic (exact) mass is 194 g/mol. The Hall–Kier alpha value is -1.15. The highest BCUT2D eigenvalue weighted by molar-refractivity contribution is 5.56. The molecule has 2 heteroatoms. The van der Waals surface area contributed by atoms with E-state index in [9.17, 15) is 4.39 Å². The molecule has 1 N–H and O–H groups in total. The number of rotatable bonds is 3. The van der Waals surface area contributed by atoms with Crippen LogP contribution in [0.5, 0.6) is 0 Å². The molecule has 0 saturated heterocycles. The SMILES string of the molecule is CC/C(=C/c1cc(F)ccc1C)CO. The molecule has 0 unspecified atom stereocenters. The fourth-order valence-corrected chi connectivity index (χ4v) is 1.25. The second kappa shape index (κ2) is 4.91. The molecule has 1 nitrogen and oxygen atoms in total. The first kappa shape index (κ1) is 10.9. The van der Waals surface area contributed by atoms with Crippen LogP contribution in [0, 0.1) is 12.7 Å². The van der Waals surface area contributed by atoms with Gasteiger partial charge in [0.15, 0.2) is 0 Å². The van der Waals surface area contributed by atoms with Crippen LogP contribution >= 0.6 is 0 Å². The number of benzene rings is 1. The molecule has 0 bridgehead atoms. The second-order valence-corrected chi connectivity index (χ2v) is 3.32. The van der Waals surface area contributed by atoms with Gasteiger partial charge >= 0.3 is 0 Å². The van der Waals surface area contributed by atoms with Gasteiger partial charge in [-0.25, -0.2) is 4.39 Å². The Morgan fingerprint density at radius 1 is 1.50 bits per heavy atom. The van der Waals surface area contributed by atoms with E-state index in [2.05, 4.69) is 0 Å². The van der Waals surface area contributed by atoms with E-state index in [1.165, 1.54) is 12.1 Å². The maximum absolute atomic E-state index is 12.9. The molecule has 1 rings (SSSR count). The Bertz CT molecular complexity index is 336. The molecule has 0 heterocycles. The molecule has 0 aliphatic rings. The molecule has 0 radical (unpaired) electrons. The first-order valence-corrected chi connectivity index (χ1v) is 4.73. The van der Waals surface area contributed by atoms with Gasteiger partial charge in [-0.05, 0) is 42.2 Å². The molecule has 0 atom stereocenters. The van der Waals surface area contributed by atoms with Crippen LogP contribution < -0.4 is 0 Å². The normalized spacial score (nSPS) is 11.9. The maximum Gasteiger partial charge on any atom is 0.123 e. The lowest BCUT2D eigenvalue weighted by molar-refractivity contribution is 0.329. The van der Waals surface area contributed by atoms with E-state index in [0.717, 1.165) is 23.1 Å². The third-order valence-corrected chi connectivity index (χ3v) is 2.26. The molecule has 14 heavy (non-hydrogen) atoms. The predicted molar refractivity (Wildman–Crippen MR) is 56.5 cm³/mol. The largest absolute Gasteiger partial charge is 0.392 e. The summed E-state index contributed by atoms with van der Waals surface area (Å²) in [6.07, 6.45) is 2.63. The summed E-state index contributed by atoms with van der Waals surface area (Å²) in [7, 11) is 0. The summed E-state index contributed by atoms with van der Waals surface area (Å²) in [5.41, 5.74) is 2.78. The standard InChI is InChI=1S/C12H15FO/c1-3-10(8-14)6-11-7-12(13)5-4-9(11)2/h4-7,14H,3,8H2,1-2H3/b10-6-. The molecular formula is C12H15FO. The average molecular weight is 194 g/mol. The van der Waals surface area contributed by atoms with Crippen LogP contribution in [-0.2, 0) is 0 Å². The number of halogens is 1. The van der Waals surface area contributed by atoms with Crippen molar-refractivity contribution in [3.05, 3.63) is 40.7 Å². The van der Waals surface area contributed by atoms with Gasteiger partial charge < -0.3 is 5.11 Å². The number of hydrogen-bond acceptors (Lipinski definition) is 1. The number of hydrogen-bond donors (Lipinski definition) is 1. The lowest BCUT2D eigenvalue weighted by Crippen LogP contribution is -1.90. The highest BCUT2D eigenvalue weighted by Crippen LogP contribution is 2.15. The third-order valence-electron chi connectivity index (χ3n) is 2.26. The van der Waals surface area contributed by atoms with Crippen molar-refractivity contribution in [2.75, 3.05) is 6.61 Å². The number of aliphatic hydroxyl groups excluding tert-OH is 1. The summed E-state index contributed by atoms with van der Waals surface area (Å²) in [4.78, 5) is 0. The Labute approximate surface area is 83.9 Å². The van der Waals surface area contributed by atoms with Gasteiger partial charge in [-0.2, -0.15) is 0 Å². The predicted octanol–water partition coefficient (Wildman–Crippen LogP) is 2.92. The molecule has 0 aliphatic carbocycles. The minimum absolute atomic E-state index is 0.0342. The van der Waals surface area contributed by atoms with Gasteiger partial charge in [-0.3, -0.25) is 0 Å². The quantitative estimate of drug-likeness (QED) is 0.784. The fourth-order valence-electron chi connectivity index (χ4n) is 1.25. The summed E-state index contributed by atoms with van der Waals surface area (Å²) in [5.74, 6) is -0.241. The van der Waals surface area contributed by atoms with Crippen molar-refractivity contribution in [2.45, 2.75) is 20.3 Å². The second-order valence-electron chi connectivity index (χ2n) is 3.32. The van der Waals surface area contributed by atoms with Crippen LogP contribution in [-0.4, -0.2) is 11.7 Å². The summed E-state index contributed by atoms with van der Waals surface area (Å²) in [6, 6.07) is 4.67. The van der Waals surface area contributed by atoms with E-state index in [-0.39, 0.29) is 12.4 Å². The van der Waals surface area contributed by atoms with Crippen LogP contribution in [0.1, 0.15) is 24.5 Å². The fraction of sp³-hybridized carbons (Fsp3) is 0.333. The highest BCUT2D eigenvalue weighted by Gasteiger charge is 1.99. The third kappa shape index (κ3) is 2.67. The lowest BCUT2D eigenvalue weighted by atomic mass is 10.0. The van der Waals surface area contributed by atoms with Crippen molar-refractivity contribution in [2.24, 2.45) is 0 Å².